The lowest BCUT2D eigenvalue weighted by atomic mass is 9.69. The summed E-state index contributed by atoms with van der Waals surface area (Å²) in [5.41, 5.74) is 2.34. The first-order chi connectivity index (χ1) is 11.5. The Morgan fingerprint density at radius 3 is 2.83 bits per heavy atom. The summed E-state index contributed by atoms with van der Waals surface area (Å²) in [5, 5.41) is 0. The van der Waals surface area contributed by atoms with Crippen LogP contribution in [0.25, 0.3) is 0 Å². The number of carbonyl (C=O) groups excluding carboxylic acids is 2. The quantitative estimate of drug-likeness (QED) is 0.797. The van der Waals surface area contributed by atoms with E-state index in [-0.39, 0.29) is 18.2 Å². The molecule has 24 heavy (non-hydrogen) atoms. The fourth-order valence-electron chi connectivity index (χ4n) is 3.65. The van der Waals surface area contributed by atoms with Gasteiger partial charge in [0, 0.05) is 23.7 Å². The highest BCUT2D eigenvalue weighted by Gasteiger charge is 2.43. The molecular formula is C19H20FNO3. The van der Waals surface area contributed by atoms with E-state index in [2.05, 4.69) is 4.99 Å². The fourth-order valence-corrected chi connectivity index (χ4v) is 3.65. The molecule has 3 rings (SSSR count). The molecule has 0 amide bonds. The van der Waals surface area contributed by atoms with Crippen LogP contribution in [0.4, 0.5) is 4.39 Å². The van der Waals surface area contributed by atoms with Crippen LogP contribution in [0, 0.1) is 11.7 Å². The van der Waals surface area contributed by atoms with Gasteiger partial charge in [0.1, 0.15) is 11.6 Å². The average molecular weight is 329 g/mol. The predicted octanol–water partition coefficient (Wildman–Crippen LogP) is 3.57. The van der Waals surface area contributed by atoms with Crippen molar-refractivity contribution in [2.45, 2.75) is 39.0 Å². The van der Waals surface area contributed by atoms with E-state index in [4.69, 9.17) is 4.74 Å². The average Bonchev–Trinajstić information content (AvgIpc) is 2.54. The summed E-state index contributed by atoms with van der Waals surface area (Å²) in [6, 6.07) is 6.10. The van der Waals surface area contributed by atoms with E-state index >= 15 is 0 Å². The first-order valence-corrected chi connectivity index (χ1v) is 8.26. The van der Waals surface area contributed by atoms with Gasteiger partial charge < -0.3 is 4.74 Å². The number of allylic oxidation sites excluding steroid dienone is 1. The number of nitrogens with zero attached hydrogens (tertiary/aromatic N) is 1. The van der Waals surface area contributed by atoms with Crippen molar-refractivity contribution in [2.75, 3.05) is 6.61 Å². The highest BCUT2D eigenvalue weighted by Crippen LogP contribution is 2.43. The van der Waals surface area contributed by atoms with Gasteiger partial charge >= 0.3 is 5.97 Å². The fraction of sp³-hybridized carbons (Fsp3) is 0.421. The molecule has 0 N–H and O–H groups in total. The number of hydrogen-bond donors (Lipinski definition) is 0. The molecular weight excluding hydrogens is 309 g/mol. The molecule has 1 saturated carbocycles. The number of ketones is 1. The van der Waals surface area contributed by atoms with Crippen LogP contribution in [0.1, 0.15) is 44.6 Å². The lowest BCUT2D eigenvalue weighted by Gasteiger charge is -2.35. The van der Waals surface area contributed by atoms with Crippen LogP contribution in [0.2, 0.25) is 0 Å². The van der Waals surface area contributed by atoms with Crippen LogP contribution >= 0.6 is 0 Å². The van der Waals surface area contributed by atoms with E-state index in [0.717, 1.165) is 18.6 Å². The van der Waals surface area contributed by atoms with Gasteiger partial charge in [0.05, 0.1) is 18.1 Å². The van der Waals surface area contributed by atoms with Crippen LogP contribution in [0.15, 0.2) is 40.5 Å². The van der Waals surface area contributed by atoms with Crippen molar-refractivity contribution < 1.29 is 18.7 Å². The number of benzene rings is 1. The van der Waals surface area contributed by atoms with Gasteiger partial charge in [-0.25, -0.2) is 9.18 Å². The minimum atomic E-state index is -0.528. The first kappa shape index (κ1) is 16.6. The van der Waals surface area contributed by atoms with Crippen LogP contribution in [0.3, 0.4) is 0 Å². The third-order valence-electron chi connectivity index (χ3n) is 4.61. The predicted molar refractivity (Wildman–Crippen MR) is 88.3 cm³/mol. The molecule has 0 radical (unpaired) electrons. The largest absolute Gasteiger partial charge is 0.463 e. The number of rotatable bonds is 3. The molecule has 0 bridgehead atoms. The number of ether oxygens (including phenoxy) is 1. The van der Waals surface area contributed by atoms with E-state index in [1.807, 2.05) is 0 Å². The van der Waals surface area contributed by atoms with E-state index in [9.17, 15) is 14.0 Å². The maximum Gasteiger partial charge on any atom is 0.336 e. The normalized spacial score (nSPS) is 23.6. The molecule has 5 heteroatoms. The van der Waals surface area contributed by atoms with Gasteiger partial charge in [0.2, 0.25) is 0 Å². The second-order valence-electron chi connectivity index (χ2n) is 6.15. The molecule has 0 spiro atoms. The highest BCUT2D eigenvalue weighted by atomic mass is 19.1. The minimum absolute atomic E-state index is 0.0589. The van der Waals surface area contributed by atoms with Gasteiger partial charge in [-0.2, -0.15) is 0 Å². The molecule has 0 unspecified atom stereocenters. The van der Waals surface area contributed by atoms with Gasteiger partial charge in [-0.15, -0.1) is 0 Å². The first-order valence-electron chi connectivity index (χ1n) is 8.26. The summed E-state index contributed by atoms with van der Waals surface area (Å²) >= 11 is 0. The zero-order chi connectivity index (χ0) is 17.3. The lowest BCUT2D eigenvalue weighted by molar-refractivity contribution is -0.139. The molecule has 126 valence electrons. The van der Waals surface area contributed by atoms with E-state index in [1.165, 1.54) is 12.1 Å². The summed E-state index contributed by atoms with van der Waals surface area (Å²) in [4.78, 5) is 29.6. The van der Waals surface area contributed by atoms with Gasteiger partial charge in [-0.1, -0.05) is 12.1 Å². The molecule has 1 aliphatic heterocycles. The lowest BCUT2D eigenvalue weighted by Crippen LogP contribution is -2.39. The van der Waals surface area contributed by atoms with Crippen LogP contribution in [-0.4, -0.2) is 24.1 Å². The Kier molecular flexibility index (Phi) is 4.60. The number of halogens is 1. The molecule has 0 saturated heterocycles. The van der Waals surface area contributed by atoms with Crippen molar-refractivity contribution in [2.24, 2.45) is 10.9 Å². The molecule has 1 aromatic carbocycles. The Morgan fingerprint density at radius 1 is 1.33 bits per heavy atom. The van der Waals surface area contributed by atoms with Crippen molar-refractivity contribution in [3.63, 3.8) is 0 Å². The van der Waals surface area contributed by atoms with Crippen molar-refractivity contribution >= 4 is 17.5 Å². The van der Waals surface area contributed by atoms with Crippen LogP contribution in [-0.2, 0) is 14.3 Å². The van der Waals surface area contributed by atoms with Gasteiger partial charge in [0.15, 0.2) is 0 Å². The standard InChI is InChI=1S/C19H20FNO3/c1-3-24-19(23)16-11(2)21-14-8-5-9-15(22)18(14)17(16)12-6-4-7-13(20)10-12/h4,6-7,10,17-18H,3,5,8-9H2,1-2H3/t17-,18-/m1/s1. The monoisotopic (exact) mass is 329 g/mol. The minimum Gasteiger partial charge on any atom is -0.463 e. The van der Waals surface area contributed by atoms with E-state index in [0.29, 0.717) is 23.3 Å². The number of fused-ring (bicyclic) bond motifs is 1. The van der Waals surface area contributed by atoms with Gasteiger partial charge in [-0.3, -0.25) is 9.79 Å². The number of Topliss-reactive ketones (excluding diaryl/α,β-unsaturated/α-hetero) is 1. The van der Waals surface area contributed by atoms with E-state index in [1.54, 1.807) is 26.0 Å². The van der Waals surface area contributed by atoms with Gasteiger partial charge in [-0.05, 0) is 44.4 Å². The summed E-state index contributed by atoms with van der Waals surface area (Å²) in [5.74, 6) is -1.83. The number of hydrogen-bond acceptors (Lipinski definition) is 4. The molecule has 1 aromatic rings. The molecule has 1 heterocycles. The Morgan fingerprint density at radius 2 is 2.12 bits per heavy atom. The number of aliphatic imine (C=N–C) groups is 1. The Balaban J connectivity index is 2.16. The summed E-state index contributed by atoms with van der Waals surface area (Å²) in [6.45, 7) is 3.72. The molecule has 2 aliphatic rings. The second kappa shape index (κ2) is 6.67. The molecule has 0 aromatic heterocycles. The maximum absolute atomic E-state index is 13.8. The van der Waals surface area contributed by atoms with Gasteiger partial charge in [0.25, 0.3) is 0 Å². The van der Waals surface area contributed by atoms with Crippen molar-refractivity contribution in [1.82, 2.24) is 0 Å². The smallest absolute Gasteiger partial charge is 0.336 e. The van der Waals surface area contributed by atoms with E-state index < -0.39 is 17.8 Å². The summed E-state index contributed by atoms with van der Waals surface area (Å²) in [6.07, 6.45) is 1.96. The SMILES string of the molecule is CCOC(=O)C1=C(C)N=C2CCCC(=O)[C@@H]2[C@@H]1c1cccc(F)c1. The van der Waals surface area contributed by atoms with Crippen molar-refractivity contribution in [3.05, 3.63) is 46.9 Å². The topological polar surface area (TPSA) is 55.7 Å². The Hall–Kier alpha value is -2.30. The van der Waals surface area contributed by atoms with Crippen molar-refractivity contribution in [1.29, 1.82) is 0 Å². The third kappa shape index (κ3) is 2.90. The van der Waals surface area contributed by atoms with Crippen LogP contribution < -0.4 is 0 Å². The summed E-state index contributed by atoms with van der Waals surface area (Å²) < 4.78 is 18.9. The molecule has 2 atom stereocenters. The Labute approximate surface area is 140 Å². The van der Waals surface area contributed by atoms with Crippen LogP contribution in [0.5, 0.6) is 0 Å². The number of esters is 1. The zero-order valence-electron chi connectivity index (χ0n) is 13.8. The summed E-state index contributed by atoms with van der Waals surface area (Å²) in [7, 11) is 0. The van der Waals surface area contributed by atoms with Crippen molar-refractivity contribution in [3.8, 4) is 0 Å². The molecule has 1 fully saturated rings. The Bertz CT molecular complexity index is 751. The second-order valence-corrected chi connectivity index (χ2v) is 6.15. The molecule has 4 nitrogen and oxygen atoms in total. The maximum atomic E-state index is 13.8. The molecule has 1 aliphatic carbocycles. The highest BCUT2D eigenvalue weighted by molar-refractivity contribution is 6.11. The third-order valence-corrected chi connectivity index (χ3v) is 4.61. The zero-order valence-corrected chi connectivity index (χ0v) is 13.8. The number of carbonyl (C=O) groups is 2.